The summed E-state index contributed by atoms with van der Waals surface area (Å²) in [6, 6.07) is 19.0. The number of benzene rings is 3. The molecule has 1 atom stereocenters. The number of aliphatic hydroxyl groups excluding tert-OH is 1. The van der Waals surface area contributed by atoms with Crippen LogP contribution in [0.2, 0.25) is 0 Å². The number of likely N-dealkylation sites (tertiary alicyclic amines) is 1. The molecular formula is C31H33NO6. The van der Waals surface area contributed by atoms with Crippen molar-refractivity contribution in [3.05, 3.63) is 94.6 Å². The van der Waals surface area contributed by atoms with Crippen LogP contribution in [0.4, 0.5) is 0 Å². The van der Waals surface area contributed by atoms with Gasteiger partial charge in [-0.25, -0.2) is 0 Å². The van der Waals surface area contributed by atoms with Crippen molar-refractivity contribution in [2.24, 2.45) is 0 Å². The standard InChI is InChI=1S/C31H33NO6/c1-5-16-38-25-15-14-22(17-20(25)3)29(33)27-28(21-11-9-12-24(18-21)37-6-2)32(31(35)30(27)34)19-23-10-7-8-13-26(23)36-4/h7-15,17-18,28,33H,5-6,16,19H2,1-4H3/b29-27+. The van der Waals surface area contributed by atoms with Gasteiger partial charge in [0.1, 0.15) is 23.0 Å². The molecule has 0 spiro atoms. The maximum absolute atomic E-state index is 13.5. The zero-order valence-electron chi connectivity index (χ0n) is 22.2. The molecule has 0 bridgehead atoms. The summed E-state index contributed by atoms with van der Waals surface area (Å²) in [5.41, 5.74) is 2.69. The van der Waals surface area contributed by atoms with Gasteiger partial charge >= 0.3 is 0 Å². The number of aliphatic hydroxyl groups is 1. The Bertz CT molecular complexity index is 1360. The molecule has 198 valence electrons. The van der Waals surface area contributed by atoms with Crippen LogP contribution in [0.5, 0.6) is 17.2 Å². The summed E-state index contributed by atoms with van der Waals surface area (Å²) in [5, 5.41) is 11.5. The molecule has 7 nitrogen and oxygen atoms in total. The van der Waals surface area contributed by atoms with Crippen molar-refractivity contribution < 1.29 is 28.9 Å². The first kappa shape index (κ1) is 26.8. The highest BCUT2D eigenvalue weighted by Crippen LogP contribution is 2.42. The molecule has 3 aromatic rings. The minimum atomic E-state index is -0.823. The lowest BCUT2D eigenvalue weighted by atomic mass is 9.94. The van der Waals surface area contributed by atoms with Crippen LogP contribution in [0, 0.1) is 6.92 Å². The molecule has 7 heteroatoms. The molecule has 0 aliphatic carbocycles. The topological polar surface area (TPSA) is 85.3 Å². The molecule has 38 heavy (non-hydrogen) atoms. The monoisotopic (exact) mass is 515 g/mol. The SMILES string of the molecule is CCCOc1ccc(/C(O)=C2\C(=O)C(=O)N(Cc3ccccc3OC)C2c2cccc(OCC)c2)cc1C. The minimum Gasteiger partial charge on any atom is -0.507 e. The van der Waals surface area contributed by atoms with E-state index in [9.17, 15) is 14.7 Å². The zero-order chi connectivity index (χ0) is 27.2. The zero-order valence-corrected chi connectivity index (χ0v) is 22.2. The van der Waals surface area contributed by atoms with Crippen molar-refractivity contribution in [2.45, 2.75) is 39.8 Å². The summed E-state index contributed by atoms with van der Waals surface area (Å²) in [6.45, 7) is 6.96. The van der Waals surface area contributed by atoms with Gasteiger partial charge in [-0.05, 0) is 67.8 Å². The van der Waals surface area contributed by atoms with Crippen LogP contribution < -0.4 is 14.2 Å². The number of ether oxygens (including phenoxy) is 3. The van der Waals surface area contributed by atoms with Crippen molar-refractivity contribution in [3.63, 3.8) is 0 Å². The number of methoxy groups -OCH3 is 1. The fraction of sp³-hybridized carbons (Fsp3) is 0.290. The first-order valence-electron chi connectivity index (χ1n) is 12.8. The predicted molar refractivity (Wildman–Crippen MR) is 145 cm³/mol. The molecule has 0 radical (unpaired) electrons. The smallest absolute Gasteiger partial charge is 0.295 e. The molecule has 1 aliphatic rings. The van der Waals surface area contributed by atoms with Gasteiger partial charge in [-0.3, -0.25) is 9.59 Å². The first-order valence-corrected chi connectivity index (χ1v) is 12.8. The largest absolute Gasteiger partial charge is 0.507 e. The second-order valence-corrected chi connectivity index (χ2v) is 9.07. The number of rotatable bonds is 10. The van der Waals surface area contributed by atoms with Crippen molar-refractivity contribution >= 4 is 17.4 Å². The fourth-order valence-corrected chi connectivity index (χ4v) is 4.67. The number of hydrogen-bond donors (Lipinski definition) is 1. The van der Waals surface area contributed by atoms with Gasteiger partial charge in [0.2, 0.25) is 0 Å². The number of Topliss-reactive ketones (excluding diaryl/α,β-unsaturated/α-hetero) is 1. The van der Waals surface area contributed by atoms with Gasteiger partial charge in [0.25, 0.3) is 11.7 Å². The molecule has 1 N–H and O–H groups in total. The van der Waals surface area contributed by atoms with Gasteiger partial charge in [0, 0.05) is 11.1 Å². The number of aryl methyl sites for hydroxylation is 1. The molecule has 1 amide bonds. The number of amides is 1. The highest BCUT2D eigenvalue weighted by Gasteiger charge is 2.46. The summed E-state index contributed by atoms with van der Waals surface area (Å²) in [5.74, 6) is 0.261. The molecule has 1 aliphatic heterocycles. The molecule has 0 saturated carbocycles. The Morgan fingerprint density at radius 3 is 2.45 bits per heavy atom. The lowest BCUT2D eigenvalue weighted by Gasteiger charge is -2.26. The quantitative estimate of drug-likeness (QED) is 0.208. The number of para-hydroxylation sites is 1. The van der Waals surface area contributed by atoms with Gasteiger partial charge in [0.15, 0.2) is 0 Å². The maximum Gasteiger partial charge on any atom is 0.295 e. The van der Waals surface area contributed by atoms with E-state index < -0.39 is 17.7 Å². The second kappa shape index (κ2) is 11.9. The molecular weight excluding hydrogens is 482 g/mol. The van der Waals surface area contributed by atoms with Crippen molar-refractivity contribution in [1.82, 2.24) is 4.90 Å². The third-order valence-electron chi connectivity index (χ3n) is 6.47. The van der Waals surface area contributed by atoms with E-state index in [0.29, 0.717) is 41.6 Å². The Labute approximate surface area is 223 Å². The van der Waals surface area contributed by atoms with Crippen LogP contribution in [0.3, 0.4) is 0 Å². The van der Waals surface area contributed by atoms with E-state index in [1.807, 2.05) is 63.2 Å². The van der Waals surface area contributed by atoms with Crippen LogP contribution in [-0.4, -0.2) is 42.0 Å². The number of nitrogens with zero attached hydrogens (tertiary/aromatic N) is 1. The minimum absolute atomic E-state index is 0.0279. The van der Waals surface area contributed by atoms with E-state index in [0.717, 1.165) is 17.5 Å². The fourth-order valence-electron chi connectivity index (χ4n) is 4.67. The van der Waals surface area contributed by atoms with Gasteiger partial charge in [-0.2, -0.15) is 0 Å². The molecule has 4 rings (SSSR count). The third-order valence-corrected chi connectivity index (χ3v) is 6.47. The van der Waals surface area contributed by atoms with Gasteiger partial charge < -0.3 is 24.2 Å². The van der Waals surface area contributed by atoms with E-state index in [4.69, 9.17) is 14.2 Å². The lowest BCUT2D eigenvalue weighted by Crippen LogP contribution is -2.29. The average Bonchev–Trinajstić information content (AvgIpc) is 3.17. The van der Waals surface area contributed by atoms with E-state index in [2.05, 4.69) is 0 Å². The van der Waals surface area contributed by atoms with Crippen molar-refractivity contribution in [2.75, 3.05) is 20.3 Å². The summed E-state index contributed by atoms with van der Waals surface area (Å²) in [7, 11) is 1.56. The summed E-state index contributed by atoms with van der Waals surface area (Å²) < 4.78 is 16.9. The number of ketones is 1. The normalized spacial score (nSPS) is 16.5. The Morgan fingerprint density at radius 1 is 0.947 bits per heavy atom. The molecule has 1 unspecified atom stereocenters. The van der Waals surface area contributed by atoms with Crippen LogP contribution >= 0.6 is 0 Å². The maximum atomic E-state index is 13.5. The molecule has 0 aromatic heterocycles. The predicted octanol–water partition coefficient (Wildman–Crippen LogP) is 5.81. The van der Waals surface area contributed by atoms with Crippen molar-refractivity contribution in [1.29, 1.82) is 0 Å². The lowest BCUT2D eigenvalue weighted by molar-refractivity contribution is -0.140. The van der Waals surface area contributed by atoms with Crippen molar-refractivity contribution in [3.8, 4) is 17.2 Å². The average molecular weight is 516 g/mol. The Kier molecular flexibility index (Phi) is 8.36. The summed E-state index contributed by atoms with van der Waals surface area (Å²) in [4.78, 5) is 28.4. The van der Waals surface area contributed by atoms with Gasteiger partial charge in [-0.15, -0.1) is 0 Å². The molecule has 1 saturated heterocycles. The van der Waals surface area contributed by atoms with E-state index in [1.54, 1.807) is 31.4 Å². The Balaban J connectivity index is 1.84. The van der Waals surface area contributed by atoms with Crippen LogP contribution in [0.1, 0.15) is 48.6 Å². The summed E-state index contributed by atoms with van der Waals surface area (Å²) >= 11 is 0. The highest BCUT2D eigenvalue weighted by molar-refractivity contribution is 6.46. The molecule has 1 fully saturated rings. The summed E-state index contributed by atoms with van der Waals surface area (Å²) in [6.07, 6.45) is 0.873. The molecule has 1 heterocycles. The second-order valence-electron chi connectivity index (χ2n) is 9.07. The Morgan fingerprint density at radius 2 is 1.74 bits per heavy atom. The number of carbonyl (C=O) groups is 2. The Hall–Kier alpha value is -4.26. The van der Waals surface area contributed by atoms with Crippen LogP contribution in [0.25, 0.3) is 5.76 Å². The third kappa shape index (κ3) is 5.37. The van der Waals surface area contributed by atoms with Crippen LogP contribution in [0.15, 0.2) is 72.3 Å². The van der Waals surface area contributed by atoms with Crippen LogP contribution in [-0.2, 0) is 16.1 Å². The van der Waals surface area contributed by atoms with Gasteiger partial charge in [-0.1, -0.05) is 37.3 Å². The molecule has 3 aromatic carbocycles. The van der Waals surface area contributed by atoms with E-state index in [-0.39, 0.29) is 17.9 Å². The number of carbonyl (C=O) groups excluding carboxylic acids is 2. The number of hydrogen-bond acceptors (Lipinski definition) is 6. The van der Waals surface area contributed by atoms with E-state index in [1.165, 1.54) is 4.90 Å². The van der Waals surface area contributed by atoms with Gasteiger partial charge in [0.05, 0.1) is 38.5 Å². The highest BCUT2D eigenvalue weighted by atomic mass is 16.5. The first-order chi connectivity index (χ1) is 18.4. The van der Waals surface area contributed by atoms with E-state index >= 15 is 0 Å².